The van der Waals surface area contributed by atoms with Crippen LogP contribution < -0.4 is 5.73 Å². The molecule has 0 aliphatic rings. The van der Waals surface area contributed by atoms with Gasteiger partial charge >= 0.3 is 0 Å². The van der Waals surface area contributed by atoms with Crippen LogP contribution in [-0.2, 0) is 13.5 Å². The maximum atomic E-state index is 13.5. The molecule has 1 aromatic carbocycles. The van der Waals surface area contributed by atoms with Crippen LogP contribution >= 0.6 is 15.9 Å². The second-order valence-electron chi connectivity index (χ2n) is 3.90. The molecule has 1 heterocycles. The lowest BCUT2D eigenvalue weighted by Gasteiger charge is -2.13. The Morgan fingerprint density at radius 1 is 1.39 bits per heavy atom. The summed E-state index contributed by atoms with van der Waals surface area (Å²) in [4.78, 5) is 0. The monoisotopic (exact) mass is 316 g/mol. The van der Waals surface area contributed by atoms with Crippen LogP contribution in [0.25, 0.3) is 0 Å². The van der Waals surface area contributed by atoms with Crippen molar-refractivity contribution in [1.29, 1.82) is 0 Å². The van der Waals surface area contributed by atoms with Crippen molar-refractivity contribution in [3.05, 3.63) is 45.7 Å². The van der Waals surface area contributed by atoms with E-state index in [1.807, 2.05) is 0 Å². The highest BCUT2D eigenvalue weighted by molar-refractivity contribution is 9.10. The second-order valence-corrected chi connectivity index (χ2v) is 4.65. The minimum absolute atomic E-state index is 0.0295. The number of rotatable bonds is 3. The van der Waals surface area contributed by atoms with E-state index in [4.69, 9.17) is 5.73 Å². The summed E-state index contributed by atoms with van der Waals surface area (Å²) < 4.78 is 29.0. The molecule has 2 aromatic rings. The van der Waals surface area contributed by atoms with Gasteiger partial charge in [0.2, 0.25) is 0 Å². The summed E-state index contributed by atoms with van der Waals surface area (Å²) in [5, 5.41) is 7.56. The van der Waals surface area contributed by atoms with E-state index in [2.05, 4.69) is 26.2 Å². The van der Waals surface area contributed by atoms with Gasteiger partial charge in [-0.3, -0.25) is 0 Å². The van der Waals surface area contributed by atoms with Crippen molar-refractivity contribution in [2.24, 2.45) is 12.8 Å². The summed E-state index contributed by atoms with van der Waals surface area (Å²) in [7, 11) is 1.67. The summed E-state index contributed by atoms with van der Waals surface area (Å²) >= 11 is 3.21. The Labute approximate surface area is 111 Å². The molecule has 1 atom stereocenters. The molecule has 0 amide bonds. The maximum absolute atomic E-state index is 13.5. The first-order valence-corrected chi connectivity index (χ1v) is 6.03. The van der Waals surface area contributed by atoms with Crippen molar-refractivity contribution >= 4 is 15.9 Å². The zero-order valence-corrected chi connectivity index (χ0v) is 11.2. The Hall–Kier alpha value is -1.34. The van der Waals surface area contributed by atoms with E-state index in [1.165, 1.54) is 22.9 Å². The maximum Gasteiger partial charge on any atom is 0.153 e. The van der Waals surface area contributed by atoms with Gasteiger partial charge < -0.3 is 5.73 Å². The number of nitrogens with zero attached hydrogens (tertiary/aromatic N) is 3. The first-order chi connectivity index (χ1) is 8.50. The summed E-state index contributed by atoms with van der Waals surface area (Å²) in [6.07, 6.45) is 0.0400. The zero-order valence-electron chi connectivity index (χ0n) is 9.57. The third-order valence-electron chi connectivity index (χ3n) is 2.66. The molecule has 0 aliphatic carbocycles. The van der Waals surface area contributed by atoms with Gasteiger partial charge in [-0.05, 0) is 34.5 Å². The number of aromatic nitrogens is 3. The Balaban J connectivity index is 2.30. The summed E-state index contributed by atoms with van der Waals surface area (Å²) in [5.74, 6) is -1.20. The van der Waals surface area contributed by atoms with E-state index >= 15 is 0 Å². The molecule has 2 N–H and O–H groups in total. The van der Waals surface area contributed by atoms with E-state index in [0.717, 1.165) is 0 Å². The molecule has 0 aliphatic heterocycles. The van der Waals surface area contributed by atoms with E-state index in [-0.39, 0.29) is 12.0 Å². The molecule has 96 valence electrons. The van der Waals surface area contributed by atoms with Crippen LogP contribution in [-0.4, -0.2) is 15.0 Å². The molecular formula is C11H11BrF2N4. The molecule has 0 radical (unpaired) electrons. The largest absolute Gasteiger partial charge is 0.322 e. The standard InChI is InChI=1S/C11H11BrF2N4/c1-18-10(11(12)16-17-18)9(15)5-6-7(13)3-2-4-8(6)14/h2-4,9H,5,15H2,1H3. The average molecular weight is 317 g/mol. The predicted molar refractivity (Wildman–Crippen MR) is 65.7 cm³/mol. The molecule has 7 heteroatoms. The topological polar surface area (TPSA) is 56.7 Å². The normalized spacial score (nSPS) is 12.7. The fraction of sp³-hybridized carbons (Fsp3) is 0.273. The number of aryl methyl sites for hydroxylation is 1. The first kappa shape index (κ1) is 13.1. The van der Waals surface area contributed by atoms with Gasteiger partial charge in [0.15, 0.2) is 4.60 Å². The summed E-state index contributed by atoms with van der Waals surface area (Å²) in [6, 6.07) is 3.15. The van der Waals surface area contributed by atoms with Crippen LogP contribution in [0.3, 0.4) is 0 Å². The van der Waals surface area contributed by atoms with Crippen molar-refractivity contribution in [2.45, 2.75) is 12.5 Å². The van der Waals surface area contributed by atoms with Gasteiger partial charge in [0.05, 0.1) is 11.7 Å². The first-order valence-electron chi connectivity index (χ1n) is 5.24. The Morgan fingerprint density at radius 3 is 2.50 bits per heavy atom. The molecule has 0 saturated carbocycles. The van der Waals surface area contributed by atoms with E-state index in [9.17, 15) is 8.78 Å². The van der Waals surface area contributed by atoms with Crippen LogP contribution in [0.4, 0.5) is 8.78 Å². The molecule has 1 aromatic heterocycles. The SMILES string of the molecule is Cn1nnc(Br)c1C(N)Cc1c(F)cccc1F. The van der Waals surface area contributed by atoms with Gasteiger partial charge in [0.25, 0.3) is 0 Å². The van der Waals surface area contributed by atoms with Gasteiger partial charge in [-0.25, -0.2) is 13.5 Å². The van der Waals surface area contributed by atoms with Gasteiger partial charge in [-0.2, -0.15) is 0 Å². The Morgan fingerprint density at radius 2 is 2.00 bits per heavy atom. The van der Waals surface area contributed by atoms with Crippen LogP contribution in [0.2, 0.25) is 0 Å². The predicted octanol–water partition coefficient (Wildman–Crippen LogP) is 2.10. The average Bonchev–Trinajstić information content (AvgIpc) is 2.64. The molecule has 0 saturated heterocycles. The number of benzene rings is 1. The fourth-order valence-corrected chi connectivity index (χ4v) is 2.40. The van der Waals surface area contributed by atoms with Crippen LogP contribution in [0.1, 0.15) is 17.3 Å². The van der Waals surface area contributed by atoms with E-state index in [0.29, 0.717) is 10.3 Å². The highest BCUT2D eigenvalue weighted by Crippen LogP contribution is 2.24. The smallest absolute Gasteiger partial charge is 0.153 e. The molecule has 0 spiro atoms. The van der Waals surface area contributed by atoms with Gasteiger partial charge in [0.1, 0.15) is 11.6 Å². The Bertz CT molecular complexity index is 530. The third-order valence-corrected chi connectivity index (χ3v) is 3.23. The highest BCUT2D eigenvalue weighted by atomic mass is 79.9. The fourth-order valence-electron chi connectivity index (χ4n) is 1.78. The minimum atomic E-state index is -0.600. The van der Waals surface area contributed by atoms with Crippen molar-refractivity contribution in [1.82, 2.24) is 15.0 Å². The zero-order chi connectivity index (χ0) is 13.3. The van der Waals surface area contributed by atoms with Crippen LogP contribution in [0.15, 0.2) is 22.8 Å². The quantitative estimate of drug-likeness (QED) is 0.943. The lowest BCUT2D eigenvalue weighted by molar-refractivity contribution is 0.528. The Kier molecular flexibility index (Phi) is 3.72. The lowest BCUT2D eigenvalue weighted by Crippen LogP contribution is -2.19. The minimum Gasteiger partial charge on any atom is -0.322 e. The molecule has 0 fully saturated rings. The second kappa shape index (κ2) is 5.11. The molecule has 2 rings (SSSR count). The number of hydrogen-bond donors (Lipinski definition) is 1. The van der Waals surface area contributed by atoms with Crippen molar-refractivity contribution in [3.63, 3.8) is 0 Å². The van der Waals surface area contributed by atoms with Crippen molar-refractivity contribution < 1.29 is 8.78 Å². The van der Waals surface area contributed by atoms with Gasteiger partial charge in [-0.15, -0.1) is 5.10 Å². The molecule has 0 bridgehead atoms. The molecule has 18 heavy (non-hydrogen) atoms. The van der Waals surface area contributed by atoms with Gasteiger partial charge in [0, 0.05) is 12.6 Å². The van der Waals surface area contributed by atoms with Crippen LogP contribution in [0, 0.1) is 11.6 Å². The summed E-state index contributed by atoms with van der Waals surface area (Å²) in [5.41, 5.74) is 6.51. The van der Waals surface area contributed by atoms with Crippen molar-refractivity contribution in [2.75, 3.05) is 0 Å². The van der Waals surface area contributed by atoms with Crippen LogP contribution in [0.5, 0.6) is 0 Å². The summed E-state index contributed by atoms with van der Waals surface area (Å²) in [6.45, 7) is 0. The van der Waals surface area contributed by atoms with Gasteiger partial charge in [-0.1, -0.05) is 11.3 Å². The number of halogens is 3. The van der Waals surface area contributed by atoms with Crippen molar-refractivity contribution in [3.8, 4) is 0 Å². The third kappa shape index (κ3) is 2.41. The number of hydrogen-bond acceptors (Lipinski definition) is 3. The van der Waals surface area contributed by atoms with E-state index in [1.54, 1.807) is 7.05 Å². The molecule has 1 unspecified atom stereocenters. The highest BCUT2D eigenvalue weighted by Gasteiger charge is 2.20. The number of nitrogens with two attached hydrogens (primary N) is 1. The van der Waals surface area contributed by atoms with E-state index < -0.39 is 17.7 Å². The molecule has 4 nitrogen and oxygen atoms in total. The molecular weight excluding hydrogens is 306 g/mol. The lowest BCUT2D eigenvalue weighted by atomic mass is 10.0.